The molecule has 4 aromatic rings. The van der Waals surface area contributed by atoms with Gasteiger partial charge in [-0.25, -0.2) is 4.98 Å². The van der Waals surface area contributed by atoms with E-state index in [0.29, 0.717) is 23.8 Å². The Bertz CT molecular complexity index is 1130. The Labute approximate surface area is 155 Å². The predicted octanol–water partition coefficient (Wildman–Crippen LogP) is 3.01. The molecule has 2 heterocycles. The zero-order valence-corrected chi connectivity index (χ0v) is 15.1. The van der Waals surface area contributed by atoms with Gasteiger partial charge < -0.3 is 10.1 Å². The minimum atomic E-state index is -0.201. The highest BCUT2D eigenvalue weighted by Crippen LogP contribution is 2.19. The second-order valence-electron chi connectivity index (χ2n) is 6.24. The Morgan fingerprint density at radius 2 is 1.81 bits per heavy atom. The van der Waals surface area contributed by atoms with Gasteiger partial charge >= 0.3 is 0 Å². The number of hydrogen-bond acceptors (Lipinski definition) is 5. The number of anilines is 1. The molecule has 2 aromatic carbocycles. The van der Waals surface area contributed by atoms with Crippen LogP contribution in [-0.2, 0) is 6.54 Å². The molecular weight excluding hydrogens is 342 g/mol. The highest BCUT2D eigenvalue weighted by molar-refractivity contribution is 5.58. The first-order chi connectivity index (χ1) is 13.1. The van der Waals surface area contributed by atoms with Crippen molar-refractivity contribution in [1.82, 2.24) is 19.6 Å². The first-order valence-corrected chi connectivity index (χ1v) is 8.56. The highest BCUT2D eigenvalue weighted by atomic mass is 16.5. The summed E-state index contributed by atoms with van der Waals surface area (Å²) in [5.74, 6) is 1.68. The van der Waals surface area contributed by atoms with Gasteiger partial charge in [0.1, 0.15) is 5.75 Å². The average molecular weight is 361 g/mol. The molecule has 0 radical (unpaired) electrons. The lowest BCUT2D eigenvalue weighted by atomic mass is 10.2. The van der Waals surface area contributed by atoms with Crippen LogP contribution in [-0.4, -0.2) is 26.7 Å². The van der Waals surface area contributed by atoms with Crippen LogP contribution in [0.1, 0.15) is 11.3 Å². The van der Waals surface area contributed by atoms with Gasteiger partial charge in [-0.2, -0.15) is 9.50 Å². The maximum absolute atomic E-state index is 12.4. The molecule has 7 heteroatoms. The number of hydrogen-bond donors (Lipinski definition) is 2. The molecule has 7 nitrogen and oxygen atoms in total. The number of nitrogens with zero attached hydrogens (tertiary/aromatic N) is 3. The molecule has 0 bridgehead atoms. The molecule has 0 aliphatic carbocycles. The molecule has 0 saturated carbocycles. The van der Waals surface area contributed by atoms with E-state index in [-0.39, 0.29) is 5.56 Å². The van der Waals surface area contributed by atoms with E-state index >= 15 is 0 Å². The summed E-state index contributed by atoms with van der Waals surface area (Å²) in [6, 6.07) is 17.0. The summed E-state index contributed by atoms with van der Waals surface area (Å²) in [6.45, 7) is 2.48. The van der Waals surface area contributed by atoms with Gasteiger partial charge in [-0.3, -0.25) is 9.89 Å². The van der Waals surface area contributed by atoms with Crippen molar-refractivity contribution in [3.05, 3.63) is 76.2 Å². The number of methoxy groups -OCH3 is 1. The lowest BCUT2D eigenvalue weighted by Gasteiger charge is -2.06. The zero-order chi connectivity index (χ0) is 18.8. The van der Waals surface area contributed by atoms with Crippen LogP contribution in [0.2, 0.25) is 0 Å². The number of aromatic amines is 1. The van der Waals surface area contributed by atoms with Crippen LogP contribution in [0.15, 0.2) is 59.4 Å². The van der Waals surface area contributed by atoms with E-state index in [4.69, 9.17) is 4.74 Å². The fourth-order valence-electron chi connectivity index (χ4n) is 2.76. The van der Waals surface area contributed by atoms with Crippen molar-refractivity contribution in [2.45, 2.75) is 13.5 Å². The fraction of sp³-hybridized carbons (Fsp3) is 0.150. The Morgan fingerprint density at radius 3 is 2.52 bits per heavy atom. The summed E-state index contributed by atoms with van der Waals surface area (Å²) in [6.07, 6.45) is 0. The molecule has 0 fully saturated rings. The molecule has 0 aliphatic rings. The Hall–Kier alpha value is -3.61. The molecule has 0 amide bonds. The van der Waals surface area contributed by atoms with Gasteiger partial charge in [0.2, 0.25) is 0 Å². The number of fused-ring (bicyclic) bond motifs is 1. The van der Waals surface area contributed by atoms with Crippen molar-refractivity contribution in [3.63, 3.8) is 0 Å². The number of H-pyrrole nitrogens is 1. The predicted molar refractivity (Wildman–Crippen MR) is 104 cm³/mol. The zero-order valence-electron chi connectivity index (χ0n) is 15.1. The second-order valence-corrected chi connectivity index (χ2v) is 6.24. The molecule has 4 rings (SSSR count). The molecule has 0 aliphatic heterocycles. The third-order valence-electron chi connectivity index (χ3n) is 4.27. The Kier molecular flexibility index (Phi) is 4.33. The maximum Gasteiger partial charge on any atom is 0.274 e. The Balaban J connectivity index is 1.60. The molecule has 2 aromatic heterocycles. The third-order valence-corrected chi connectivity index (χ3v) is 4.27. The molecular formula is C20H19N5O2. The van der Waals surface area contributed by atoms with Crippen molar-refractivity contribution < 1.29 is 4.74 Å². The highest BCUT2D eigenvalue weighted by Gasteiger charge is 2.10. The molecule has 0 spiro atoms. The van der Waals surface area contributed by atoms with E-state index in [2.05, 4.69) is 20.4 Å². The largest absolute Gasteiger partial charge is 0.497 e. The normalized spacial score (nSPS) is 10.9. The van der Waals surface area contributed by atoms with Gasteiger partial charge in [0.25, 0.3) is 11.3 Å². The fourth-order valence-corrected chi connectivity index (χ4v) is 2.76. The quantitative estimate of drug-likeness (QED) is 0.571. The minimum Gasteiger partial charge on any atom is -0.497 e. The molecule has 0 atom stereocenters. The number of benzene rings is 2. The van der Waals surface area contributed by atoms with E-state index in [1.807, 2.05) is 55.5 Å². The van der Waals surface area contributed by atoms with E-state index in [0.717, 1.165) is 17.0 Å². The van der Waals surface area contributed by atoms with Crippen LogP contribution in [0.4, 0.5) is 5.69 Å². The number of nitrogens with one attached hydrogen (secondary N) is 2. The summed E-state index contributed by atoms with van der Waals surface area (Å²) >= 11 is 0. The maximum atomic E-state index is 12.4. The van der Waals surface area contributed by atoms with Crippen LogP contribution in [0, 0.1) is 6.92 Å². The molecule has 0 saturated heterocycles. The summed E-state index contributed by atoms with van der Waals surface area (Å²) in [7, 11) is 1.62. The first kappa shape index (κ1) is 16.8. The standard InChI is InChI=1S/C20H19N5O2/c1-13-3-7-15(8-4-13)21-12-16-11-18(26)25-20(22-16)23-19(24-25)14-5-9-17(27-2)10-6-14/h3-11,21H,12H2,1-2H3,(H,22,23,24). The van der Waals surface area contributed by atoms with Crippen molar-refractivity contribution in [3.8, 4) is 17.1 Å². The second kappa shape index (κ2) is 6.95. The smallest absolute Gasteiger partial charge is 0.274 e. The number of aryl methyl sites for hydroxylation is 1. The van der Waals surface area contributed by atoms with E-state index in [9.17, 15) is 4.79 Å². The summed E-state index contributed by atoms with van der Waals surface area (Å²) in [5, 5.41) is 6.26. The Morgan fingerprint density at radius 1 is 1.07 bits per heavy atom. The SMILES string of the molecule is COc1ccc(-c2nc3nc(CNc4ccc(C)cc4)cc(=O)n3[nH]2)cc1. The number of rotatable bonds is 5. The summed E-state index contributed by atoms with van der Waals surface area (Å²) < 4.78 is 6.51. The summed E-state index contributed by atoms with van der Waals surface area (Å²) in [4.78, 5) is 21.3. The van der Waals surface area contributed by atoms with Gasteiger partial charge in [0.05, 0.1) is 19.3 Å². The van der Waals surface area contributed by atoms with Crippen LogP contribution in [0.3, 0.4) is 0 Å². The van der Waals surface area contributed by atoms with Crippen LogP contribution >= 0.6 is 0 Å². The molecule has 136 valence electrons. The monoisotopic (exact) mass is 361 g/mol. The lowest BCUT2D eigenvalue weighted by molar-refractivity contribution is 0.415. The van der Waals surface area contributed by atoms with E-state index in [1.54, 1.807) is 7.11 Å². The van der Waals surface area contributed by atoms with Crippen molar-refractivity contribution in [1.29, 1.82) is 0 Å². The van der Waals surface area contributed by atoms with E-state index < -0.39 is 0 Å². The first-order valence-electron chi connectivity index (χ1n) is 8.56. The third kappa shape index (κ3) is 3.52. The van der Waals surface area contributed by atoms with Gasteiger partial charge in [-0.15, -0.1) is 0 Å². The van der Waals surface area contributed by atoms with E-state index in [1.165, 1.54) is 16.1 Å². The van der Waals surface area contributed by atoms with Crippen LogP contribution < -0.4 is 15.6 Å². The molecule has 2 N–H and O–H groups in total. The van der Waals surface area contributed by atoms with Crippen molar-refractivity contribution in [2.24, 2.45) is 0 Å². The van der Waals surface area contributed by atoms with Gasteiger partial charge in [-0.05, 0) is 43.3 Å². The van der Waals surface area contributed by atoms with Gasteiger partial charge in [0.15, 0.2) is 5.82 Å². The van der Waals surface area contributed by atoms with Gasteiger partial charge in [0, 0.05) is 17.3 Å². The van der Waals surface area contributed by atoms with Crippen LogP contribution in [0.25, 0.3) is 17.2 Å². The van der Waals surface area contributed by atoms with Crippen molar-refractivity contribution in [2.75, 3.05) is 12.4 Å². The van der Waals surface area contributed by atoms with Crippen LogP contribution in [0.5, 0.6) is 5.75 Å². The summed E-state index contributed by atoms with van der Waals surface area (Å²) in [5.41, 5.74) is 3.45. The molecule has 27 heavy (non-hydrogen) atoms. The topological polar surface area (TPSA) is 84.3 Å². The lowest BCUT2D eigenvalue weighted by Crippen LogP contribution is -2.17. The van der Waals surface area contributed by atoms with Gasteiger partial charge in [-0.1, -0.05) is 17.7 Å². The molecule has 0 unspecified atom stereocenters. The minimum absolute atomic E-state index is 0.201. The average Bonchev–Trinajstić information content (AvgIpc) is 3.12. The number of aromatic nitrogens is 4. The number of ether oxygens (including phenoxy) is 1. The van der Waals surface area contributed by atoms with Crippen molar-refractivity contribution >= 4 is 11.5 Å².